The molecule has 0 spiro atoms. The van der Waals surface area contributed by atoms with E-state index in [0.29, 0.717) is 12.1 Å². The second-order valence-corrected chi connectivity index (χ2v) is 4.76. The molecule has 0 saturated carbocycles. The lowest BCUT2D eigenvalue weighted by atomic mass is 10.1. The predicted octanol–water partition coefficient (Wildman–Crippen LogP) is 1.19. The maximum absolute atomic E-state index is 11.8. The van der Waals surface area contributed by atoms with Crippen LogP contribution in [0.25, 0.3) is 0 Å². The van der Waals surface area contributed by atoms with Crippen molar-refractivity contribution in [2.75, 3.05) is 20.1 Å². The molecule has 14 heavy (non-hydrogen) atoms. The number of likely N-dealkylation sites (N-methyl/N-ethyl adjacent to an activating group) is 1. The quantitative estimate of drug-likeness (QED) is 0.632. The Labute approximate surface area is 87.1 Å². The van der Waals surface area contributed by atoms with Gasteiger partial charge in [0.05, 0.1) is 0 Å². The van der Waals surface area contributed by atoms with Gasteiger partial charge in [0.25, 0.3) is 0 Å². The van der Waals surface area contributed by atoms with Crippen molar-refractivity contribution in [1.29, 1.82) is 0 Å². The zero-order chi connectivity index (χ0) is 10.9. The molecule has 1 amide bonds. The van der Waals surface area contributed by atoms with E-state index >= 15 is 0 Å². The topological polar surface area (TPSA) is 23.6 Å². The minimum Gasteiger partial charge on any atom is -0.339 e. The Morgan fingerprint density at radius 3 is 2.00 bits per heavy atom. The van der Waals surface area contributed by atoms with Crippen LogP contribution in [-0.2, 0) is 4.79 Å². The van der Waals surface area contributed by atoms with Crippen LogP contribution in [0.1, 0.15) is 27.7 Å². The van der Waals surface area contributed by atoms with Gasteiger partial charge in [-0.25, -0.2) is 0 Å². The molecular formula is C11H22N2O. The van der Waals surface area contributed by atoms with Crippen LogP contribution in [0.5, 0.6) is 0 Å². The van der Waals surface area contributed by atoms with Gasteiger partial charge in [0.1, 0.15) is 0 Å². The lowest BCUT2D eigenvalue weighted by molar-refractivity contribution is -0.138. The number of amides is 1. The van der Waals surface area contributed by atoms with E-state index in [2.05, 4.69) is 25.8 Å². The number of hydrogen-bond acceptors (Lipinski definition) is 2. The minimum atomic E-state index is 0.123. The zero-order valence-electron chi connectivity index (χ0n) is 9.95. The molecule has 1 aliphatic heterocycles. The Morgan fingerprint density at radius 1 is 1.21 bits per heavy atom. The molecule has 82 valence electrons. The van der Waals surface area contributed by atoms with Gasteiger partial charge in [0.2, 0.25) is 5.91 Å². The maximum Gasteiger partial charge on any atom is 0.225 e. The third-order valence-electron chi connectivity index (χ3n) is 3.17. The van der Waals surface area contributed by atoms with Crippen LogP contribution in [0, 0.1) is 5.92 Å². The van der Waals surface area contributed by atoms with Crippen LogP contribution in [0.15, 0.2) is 0 Å². The Hall–Kier alpha value is -0.570. The van der Waals surface area contributed by atoms with Crippen LogP contribution < -0.4 is 0 Å². The molecule has 2 atom stereocenters. The Kier molecular flexibility index (Phi) is 3.53. The second kappa shape index (κ2) is 4.30. The Balaban J connectivity index is 2.62. The normalized spacial score (nSPS) is 29.7. The van der Waals surface area contributed by atoms with Crippen molar-refractivity contribution in [1.82, 2.24) is 9.80 Å². The van der Waals surface area contributed by atoms with Crippen molar-refractivity contribution in [2.24, 2.45) is 5.92 Å². The molecule has 0 aromatic rings. The van der Waals surface area contributed by atoms with Crippen LogP contribution in [0.2, 0.25) is 0 Å². The largest absolute Gasteiger partial charge is 0.339 e. The second-order valence-electron chi connectivity index (χ2n) is 4.76. The molecule has 0 aromatic carbocycles. The monoisotopic (exact) mass is 198 g/mol. The molecule has 1 rings (SSSR count). The lowest BCUT2D eigenvalue weighted by Gasteiger charge is -2.43. The molecule has 1 unspecified atom stereocenters. The molecule has 3 nitrogen and oxygen atoms in total. The van der Waals surface area contributed by atoms with Crippen molar-refractivity contribution in [2.45, 2.75) is 39.8 Å². The van der Waals surface area contributed by atoms with E-state index in [-0.39, 0.29) is 11.8 Å². The predicted molar refractivity (Wildman–Crippen MR) is 58.1 cm³/mol. The smallest absolute Gasteiger partial charge is 0.225 e. The molecule has 1 heterocycles. The highest BCUT2D eigenvalue weighted by Gasteiger charge is 2.29. The zero-order valence-corrected chi connectivity index (χ0v) is 9.95. The van der Waals surface area contributed by atoms with Gasteiger partial charge in [-0.2, -0.15) is 0 Å². The van der Waals surface area contributed by atoms with E-state index in [1.807, 2.05) is 18.7 Å². The number of hydrogen-bond donors (Lipinski definition) is 0. The first-order valence-electron chi connectivity index (χ1n) is 5.44. The molecule has 0 N–H and O–H groups in total. The van der Waals surface area contributed by atoms with Gasteiger partial charge in [-0.15, -0.1) is 0 Å². The Morgan fingerprint density at radius 2 is 1.64 bits per heavy atom. The molecular weight excluding hydrogens is 176 g/mol. The summed E-state index contributed by atoms with van der Waals surface area (Å²) in [4.78, 5) is 16.1. The lowest BCUT2D eigenvalue weighted by Crippen LogP contribution is -2.57. The SMILES string of the molecule is CC(C)C(=O)N1CC(C)N(C)[C@@H](C)C1. The molecule has 1 fully saturated rings. The van der Waals surface area contributed by atoms with Gasteiger partial charge in [-0.3, -0.25) is 9.69 Å². The third kappa shape index (κ3) is 2.27. The number of piperazine rings is 1. The number of rotatable bonds is 1. The summed E-state index contributed by atoms with van der Waals surface area (Å²) in [5, 5.41) is 0. The van der Waals surface area contributed by atoms with Crippen molar-refractivity contribution < 1.29 is 4.79 Å². The van der Waals surface area contributed by atoms with E-state index in [9.17, 15) is 4.79 Å². The van der Waals surface area contributed by atoms with Crippen LogP contribution >= 0.6 is 0 Å². The van der Waals surface area contributed by atoms with E-state index in [4.69, 9.17) is 0 Å². The summed E-state index contributed by atoms with van der Waals surface area (Å²) in [6.07, 6.45) is 0. The highest BCUT2D eigenvalue weighted by Crippen LogP contribution is 2.15. The minimum absolute atomic E-state index is 0.123. The fraction of sp³-hybridized carbons (Fsp3) is 0.909. The van der Waals surface area contributed by atoms with Crippen molar-refractivity contribution in [3.05, 3.63) is 0 Å². The number of nitrogens with zero attached hydrogens (tertiary/aromatic N) is 2. The average molecular weight is 198 g/mol. The van der Waals surface area contributed by atoms with Gasteiger partial charge in [0.15, 0.2) is 0 Å². The van der Waals surface area contributed by atoms with Gasteiger partial charge < -0.3 is 4.90 Å². The first-order valence-corrected chi connectivity index (χ1v) is 5.44. The molecule has 0 bridgehead atoms. The van der Waals surface area contributed by atoms with E-state index in [1.54, 1.807) is 0 Å². The molecule has 0 aromatic heterocycles. The molecule has 1 saturated heterocycles. The fourth-order valence-electron chi connectivity index (χ4n) is 1.95. The highest BCUT2D eigenvalue weighted by molar-refractivity contribution is 5.78. The number of carbonyl (C=O) groups excluding carboxylic acids is 1. The number of carbonyl (C=O) groups is 1. The molecule has 1 aliphatic rings. The van der Waals surface area contributed by atoms with Crippen LogP contribution in [0.3, 0.4) is 0 Å². The maximum atomic E-state index is 11.8. The van der Waals surface area contributed by atoms with E-state index in [0.717, 1.165) is 13.1 Å². The summed E-state index contributed by atoms with van der Waals surface area (Å²) in [5.74, 6) is 0.412. The Bertz CT molecular complexity index is 203. The van der Waals surface area contributed by atoms with Crippen molar-refractivity contribution in [3.8, 4) is 0 Å². The summed E-state index contributed by atoms with van der Waals surface area (Å²) < 4.78 is 0. The summed E-state index contributed by atoms with van der Waals surface area (Å²) in [6, 6.07) is 0.947. The summed E-state index contributed by atoms with van der Waals surface area (Å²) in [6.45, 7) is 10.0. The van der Waals surface area contributed by atoms with E-state index in [1.165, 1.54) is 0 Å². The third-order valence-corrected chi connectivity index (χ3v) is 3.17. The van der Waals surface area contributed by atoms with Crippen molar-refractivity contribution >= 4 is 5.91 Å². The van der Waals surface area contributed by atoms with Crippen LogP contribution in [-0.4, -0.2) is 47.9 Å². The van der Waals surface area contributed by atoms with Gasteiger partial charge in [-0.05, 0) is 20.9 Å². The summed E-state index contributed by atoms with van der Waals surface area (Å²) >= 11 is 0. The first kappa shape index (κ1) is 11.5. The molecule has 0 aliphatic carbocycles. The molecule has 0 radical (unpaired) electrons. The fourth-order valence-corrected chi connectivity index (χ4v) is 1.95. The van der Waals surface area contributed by atoms with E-state index < -0.39 is 0 Å². The van der Waals surface area contributed by atoms with Gasteiger partial charge >= 0.3 is 0 Å². The average Bonchev–Trinajstić information content (AvgIpc) is 2.12. The van der Waals surface area contributed by atoms with Gasteiger partial charge in [-0.1, -0.05) is 13.8 Å². The first-order chi connectivity index (χ1) is 6.43. The molecule has 3 heteroatoms. The van der Waals surface area contributed by atoms with Crippen LogP contribution in [0.4, 0.5) is 0 Å². The highest BCUT2D eigenvalue weighted by atomic mass is 16.2. The summed E-state index contributed by atoms with van der Waals surface area (Å²) in [7, 11) is 2.13. The standard InChI is InChI=1S/C11H22N2O/c1-8(2)11(14)13-6-9(3)12(5)10(4)7-13/h8-10H,6-7H2,1-5H3/t9-,10?/m0/s1. The summed E-state index contributed by atoms with van der Waals surface area (Å²) in [5.41, 5.74) is 0. The van der Waals surface area contributed by atoms with Crippen molar-refractivity contribution in [3.63, 3.8) is 0 Å². The van der Waals surface area contributed by atoms with Gasteiger partial charge in [0, 0.05) is 31.1 Å².